The summed E-state index contributed by atoms with van der Waals surface area (Å²) in [5, 5.41) is 12.0. The van der Waals surface area contributed by atoms with E-state index < -0.39 is 102 Å². The summed E-state index contributed by atoms with van der Waals surface area (Å²) >= 11 is 0. The van der Waals surface area contributed by atoms with Gasteiger partial charge in [0.25, 0.3) is 0 Å². The van der Waals surface area contributed by atoms with Crippen LogP contribution in [-0.4, -0.2) is 97.5 Å². The average Bonchev–Trinajstić information content (AvgIpc) is 3.13. The van der Waals surface area contributed by atoms with Crippen molar-refractivity contribution < 1.29 is 75.8 Å². The summed E-state index contributed by atoms with van der Waals surface area (Å²) in [4.78, 5) is 76.6. The number of hydrogen-bond acceptors (Lipinski definition) is 18. The normalized spacial score (nSPS) is 27.4. The minimum atomic E-state index is -1.60. The molecule has 2 saturated heterocycles. The first-order valence-corrected chi connectivity index (χ1v) is 18.2. The molecule has 18 nitrogen and oxygen atoms in total. The van der Waals surface area contributed by atoms with E-state index in [1.165, 1.54) is 45.2 Å². The van der Waals surface area contributed by atoms with E-state index in [1.54, 1.807) is 19.9 Å². The molecule has 18 heteroatoms. The summed E-state index contributed by atoms with van der Waals surface area (Å²) in [6, 6.07) is 7.58. The van der Waals surface area contributed by atoms with Gasteiger partial charge in [-0.1, -0.05) is 18.2 Å². The van der Waals surface area contributed by atoms with E-state index in [-0.39, 0.29) is 49.2 Å². The molecule has 58 heavy (non-hydrogen) atoms. The van der Waals surface area contributed by atoms with Gasteiger partial charge in [0, 0.05) is 51.0 Å². The Hall–Kier alpha value is -5.82. The highest BCUT2D eigenvalue weighted by atomic mass is 16.8. The lowest BCUT2D eigenvalue weighted by Crippen LogP contribution is -2.66. The van der Waals surface area contributed by atoms with E-state index in [9.17, 15) is 33.9 Å². The van der Waals surface area contributed by atoms with E-state index in [4.69, 9.17) is 51.5 Å². The predicted molar refractivity (Wildman–Crippen MR) is 198 cm³/mol. The maximum atomic E-state index is 13.6. The number of esters is 4. The van der Waals surface area contributed by atoms with Crippen molar-refractivity contribution >= 4 is 67.4 Å². The molecule has 308 valence electrons. The second-order valence-corrected chi connectivity index (χ2v) is 14.2. The molecule has 0 aliphatic carbocycles. The molecule has 2 fully saturated rings. The van der Waals surface area contributed by atoms with Crippen LogP contribution in [0.5, 0.6) is 11.5 Å². The smallest absolute Gasteiger partial charge is 0.348 e. The highest BCUT2D eigenvalue weighted by Crippen LogP contribution is 2.46. The third-order valence-corrected chi connectivity index (χ3v) is 10.1. The van der Waals surface area contributed by atoms with E-state index >= 15 is 0 Å². The quantitative estimate of drug-likeness (QED) is 0.0736. The Morgan fingerprint density at radius 3 is 1.81 bits per heavy atom. The van der Waals surface area contributed by atoms with Crippen LogP contribution < -0.4 is 16.0 Å². The minimum Gasteiger partial charge on any atom is -0.506 e. The van der Waals surface area contributed by atoms with Crippen molar-refractivity contribution in [2.24, 2.45) is 0 Å². The van der Waals surface area contributed by atoms with E-state index in [0.29, 0.717) is 5.56 Å². The molecule has 10 atom stereocenters. The number of hydrogen-bond donors (Lipinski definition) is 1. The van der Waals surface area contributed by atoms with Crippen LogP contribution >= 0.6 is 0 Å². The van der Waals surface area contributed by atoms with Gasteiger partial charge >= 0.3 is 35.1 Å². The lowest BCUT2D eigenvalue weighted by atomic mass is 9.95. The fourth-order valence-corrected chi connectivity index (χ4v) is 7.86. The van der Waals surface area contributed by atoms with Crippen LogP contribution in [-0.2, 0) is 57.1 Å². The summed E-state index contributed by atoms with van der Waals surface area (Å²) < 4.78 is 65.1. The topological polar surface area (TPSA) is 232 Å². The van der Waals surface area contributed by atoms with Crippen LogP contribution in [0.2, 0.25) is 0 Å². The number of carbonyl (C=O) groups excluding carboxylic acids is 4. The molecule has 0 saturated carbocycles. The SMILES string of the molecule is CO[C@H]1[C@@H](OC(C)=O)[C@@H](C)O[C@H](O[C@H]2[C@H](Oc3cccc4c(O)c5c(=O)oc6ccc(C)c7c(=O)oc(c34)c5c67)O[C@H](C)[C@H](OC(C)=O)[C@@H]2OC(C)=O)[C@@H]1OC(C)=O. The molecule has 2 aliphatic rings. The van der Waals surface area contributed by atoms with Crippen LogP contribution in [0.3, 0.4) is 0 Å². The van der Waals surface area contributed by atoms with Gasteiger partial charge in [0.2, 0.25) is 6.29 Å². The van der Waals surface area contributed by atoms with Gasteiger partial charge in [-0.25, -0.2) is 9.59 Å². The summed E-state index contributed by atoms with van der Waals surface area (Å²) in [6.07, 6.45) is -13.1. The Morgan fingerprint density at radius 1 is 0.621 bits per heavy atom. The Balaban J connectivity index is 1.41. The number of ether oxygens (including phenoxy) is 9. The predicted octanol–water partition coefficient (Wildman–Crippen LogP) is 3.65. The zero-order valence-electron chi connectivity index (χ0n) is 32.5. The molecule has 0 bridgehead atoms. The number of rotatable bonds is 9. The standard InChI is InChI=1S/C40H40O18/c1-14-12-13-23-26-24(14)37(46)57-32-25-21(29(45)28(27(26)32)38(47)55-23)10-9-11-22(25)56-39-36(34(53-19(6)43)31(16(3)49-39)52-18(5)42)58-40-35(54-20(7)44)33(48-8)30(15(2)50-40)51-17(4)41/h9-13,15-16,30-31,33-36,39-40,45H,1-8H3/t15-,16-,30+,31+,33+,34+,35-,36-,39+,40-/m1/s1. The molecule has 0 radical (unpaired) electrons. The number of carbonyl (C=O) groups is 4. The van der Waals surface area contributed by atoms with Crippen LogP contribution in [0.1, 0.15) is 47.1 Å². The molecule has 0 unspecified atom stereocenters. The van der Waals surface area contributed by atoms with Crippen LogP contribution in [0.4, 0.5) is 0 Å². The fourth-order valence-electron chi connectivity index (χ4n) is 7.86. The first-order valence-electron chi connectivity index (χ1n) is 18.2. The highest BCUT2D eigenvalue weighted by molar-refractivity contribution is 6.28. The summed E-state index contributed by atoms with van der Waals surface area (Å²) in [5.41, 5.74) is -1.13. The second kappa shape index (κ2) is 15.5. The number of phenolic OH excluding ortho intramolecular Hbond substituents is 1. The van der Waals surface area contributed by atoms with Crippen LogP contribution in [0, 0.1) is 6.92 Å². The first kappa shape index (κ1) is 40.4. The molecule has 7 rings (SSSR count). The third kappa shape index (κ3) is 7.05. The van der Waals surface area contributed by atoms with Crippen molar-refractivity contribution in [1.82, 2.24) is 0 Å². The van der Waals surface area contributed by atoms with Crippen molar-refractivity contribution in [3.63, 3.8) is 0 Å². The largest absolute Gasteiger partial charge is 0.506 e. The number of methoxy groups -OCH3 is 1. The Kier molecular flexibility index (Phi) is 10.8. The number of phenols is 1. The van der Waals surface area contributed by atoms with E-state index in [0.717, 1.165) is 20.8 Å². The molecule has 2 aliphatic heterocycles. The van der Waals surface area contributed by atoms with Crippen molar-refractivity contribution in [3.05, 3.63) is 56.7 Å². The molecule has 1 N–H and O–H groups in total. The fraction of sp³-hybridized carbons (Fsp3) is 0.450. The first-order chi connectivity index (χ1) is 27.5. The lowest BCUT2D eigenvalue weighted by Gasteiger charge is -2.48. The van der Waals surface area contributed by atoms with Crippen molar-refractivity contribution in [2.45, 2.75) is 110 Å². The minimum absolute atomic E-state index is 0.0324. The van der Waals surface area contributed by atoms with Gasteiger partial charge in [0.1, 0.15) is 28.6 Å². The van der Waals surface area contributed by atoms with Gasteiger partial charge in [0.15, 0.2) is 42.4 Å². The van der Waals surface area contributed by atoms with Crippen LogP contribution in [0.25, 0.3) is 43.5 Å². The van der Waals surface area contributed by atoms with Crippen LogP contribution in [0.15, 0.2) is 48.8 Å². The summed E-state index contributed by atoms with van der Waals surface area (Å²) in [5.74, 6) is -3.54. The number of aromatic hydroxyl groups is 1. The summed E-state index contributed by atoms with van der Waals surface area (Å²) in [7, 11) is 1.30. The van der Waals surface area contributed by atoms with Gasteiger partial charge in [-0.3, -0.25) is 19.2 Å². The third-order valence-electron chi connectivity index (χ3n) is 10.1. The zero-order chi connectivity index (χ0) is 41.9. The molecular formula is C40H40O18. The highest BCUT2D eigenvalue weighted by Gasteiger charge is 2.55. The van der Waals surface area contributed by atoms with Crippen molar-refractivity contribution in [2.75, 3.05) is 7.11 Å². The van der Waals surface area contributed by atoms with Gasteiger partial charge in [0.05, 0.1) is 23.0 Å². The molecule has 0 amide bonds. The molecule has 5 aromatic rings. The maximum absolute atomic E-state index is 13.6. The molecular weight excluding hydrogens is 768 g/mol. The number of benzene rings is 3. The van der Waals surface area contributed by atoms with E-state index in [2.05, 4.69) is 0 Å². The average molecular weight is 809 g/mol. The lowest BCUT2D eigenvalue weighted by molar-refractivity contribution is -0.354. The molecule has 2 aromatic heterocycles. The zero-order valence-corrected chi connectivity index (χ0v) is 32.5. The van der Waals surface area contributed by atoms with Crippen molar-refractivity contribution in [1.29, 1.82) is 0 Å². The van der Waals surface area contributed by atoms with E-state index in [1.807, 2.05) is 0 Å². The van der Waals surface area contributed by atoms with Gasteiger partial charge in [-0.2, -0.15) is 0 Å². The van der Waals surface area contributed by atoms with Gasteiger partial charge < -0.3 is 56.6 Å². The molecule has 0 spiro atoms. The Morgan fingerprint density at radius 2 is 1.19 bits per heavy atom. The Labute approximate surface area is 328 Å². The number of fused-ring (bicyclic) bond motifs is 2. The molecule has 3 aromatic carbocycles. The van der Waals surface area contributed by atoms with Crippen molar-refractivity contribution in [3.8, 4) is 11.5 Å². The molecule has 4 heterocycles. The monoisotopic (exact) mass is 808 g/mol. The van der Waals surface area contributed by atoms with Gasteiger partial charge in [-0.15, -0.1) is 0 Å². The maximum Gasteiger partial charge on any atom is 0.348 e. The Bertz CT molecular complexity index is 2560. The summed E-state index contributed by atoms with van der Waals surface area (Å²) in [6.45, 7) is 9.37. The number of aryl methyl sites for hydroxylation is 1. The van der Waals surface area contributed by atoms with Gasteiger partial charge in [-0.05, 0) is 38.5 Å². The second-order valence-electron chi connectivity index (χ2n) is 14.2.